The quantitative estimate of drug-likeness (QED) is 0.774. The van der Waals surface area contributed by atoms with Crippen LogP contribution in [0.5, 0.6) is 6.01 Å². The summed E-state index contributed by atoms with van der Waals surface area (Å²) in [5.41, 5.74) is 0. The monoisotopic (exact) mass is 296 g/mol. The lowest BCUT2D eigenvalue weighted by atomic mass is 10.3. The molecule has 2 aliphatic rings. The number of nitrogens with zero attached hydrogens (tertiary/aromatic N) is 4. The van der Waals surface area contributed by atoms with Gasteiger partial charge in [-0.1, -0.05) is 0 Å². The van der Waals surface area contributed by atoms with Crippen LogP contribution in [0.1, 0.15) is 39.5 Å². The van der Waals surface area contributed by atoms with E-state index in [9.17, 15) is 0 Å². The first-order chi connectivity index (χ1) is 9.60. The molecule has 3 rings (SSSR count). The Balaban J connectivity index is 1.77. The van der Waals surface area contributed by atoms with Crippen molar-refractivity contribution in [2.24, 2.45) is 11.8 Å². The second kappa shape index (κ2) is 5.72. The average Bonchev–Trinajstić information content (AvgIpc) is 3.21. The first-order valence-electron chi connectivity index (χ1n) is 7.43. The van der Waals surface area contributed by atoms with Gasteiger partial charge >= 0.3 is 6.01 Å². The number of anilines is 1. The molecule has 1 heterocycles. The summed E-state index contributed by atoms with van der Waals surface area (Å²) in [6, 6.07) is 0.326. The number of ether oxygens (including phenoxy) is 1. The van der Waals surface area contributed by atoms with Gasteiger partial charge in [-0.05, 0) is 63.0 Å². The molecule has 2 fully saturated rings. The van der Waals surface area contributed by atoms with E-state index in [1.807, 2.05) is 13.8 Å². The Morgan fingerprint density at radius 1 is 1.10 bits per heavy atom. The van der Waals surface area contributed by atoms with Crippen LogP contribution in [0, 0.1) is 11.8 Å². The molecule has 2 saturated carbocycles. The van der Waals surface area contributed by atoms with Gasteiger partial charge in [-0.25, -0.2) is 0 Å². The van der Waals surface area contributed by atoms with Gasteiger partial charge in [0.15, 0.2) is 0 Å². The SMILES string of the molecule is CC(C)Oc1nc(Cl)nc(N(CC2CC2)CC2CC2)n1. The second-order valence-electron chi connectivity index (χ2n) is 6.15. The largest absolute Gasteiger partial charge is 0.461 e. The molecule has 2 aliphatic carbocycles. The second-order valence-corrected chi connectivity index (χ2v) is 6.48. The first-order valence-corrected chi connectivity index (χ1v) is 7.81. The minimum absolute atomic E-state index is 0.0293. The Kier molecular flexibility index (Phi) is 3.96. The van der Waals surface area contributed by atoms with Gasteiger partial charge in [0.05, 0.1) is 6.10 Å². The van der Waals surface area contributed by atoms with Crippen molar-refractivity contribution in [3.05, 3.63) is 5.28 Å². The minimum atomic E-state index is 0.0293. The molecule has 0 radical (unpaired) electrons. The first kappa shape index (κ1) is 13.9. The number of hydrogen-bond acceptors (Lipinski definition) is 5. The molecule has 110 valence electrons. The summed E-state index contributed by atoms with van der Waals surface area (Å²) < 4.78 is 5.55. The van der Waals surface area contributed by atoms with E-state index >= 15 is 0 Å². The van der Waals surface area contributed by atoms with Crippen LogP contribution in [0.25, 0.3) is 0 Å². The van der Waals surface area contributed by atoms with E-state index in [4.69, 9.17) is 16.3 Å². The van der Waals surface area contributed by atoms with Gasteiger partial charge in [0.2, 0.25) is 11.2 Å². The molecule has 0 N–H and O–H groups in total. The predicted octanol–water partition coefficient (Wildman–Crippen LogP) is 2.94. The standard InChI is InChI=1S/C14H21ClN4O/c1-9(2)20-14-17-12(15)16-13(18-14)19(7-10-3-4-10)8-11-5-6-11/h9-11H,3-8H2,1-2H3. The van der Waals surface area contributed by atoms with E-state index in [1.54, 1.807) is 0 Å². The van der Waals surface area contributed by atoms with Gasteiger partial charge in [0.1, 0.15) is 0 Å². The maximum Gasteiger partial charge on any atom is 0.322 e. The van der Waals surface area contributed by atoms with E-state index in [-0.39, 0.29) is 11.4 Å². The molecule has 0 bridgehead atoms. The molecule has 6 heteroatoms. The summed E-state index contributed by atoms with van der Waals surface area (Å²) in [5.74, 6) is 2.25. The molecular formula is C14H21ClN4O. The van der Waals surface area contributed by atoms with Crippen LogP contribution in [0.3, 0.4) is 0 Å². The Morgan fingerprint density at radius 2 is 1.70 bits per heavy atom. The van der Waals surface area contributed by atoms with Crippen LogP contribution in [-0.2, 0) is 0 Å². The van der Waals surface area contributed by atoms with E-state index in [1.165, 1.54) is 25.7 Å². The lowest BCUT2D eigenvalue weighted by Crippen LogP contribution is -2.30. The van der Waals surface area contributed by atoms with Crippen LogP contribution in [-0.4, -0.2) is 34.1 Å². The zero-order chi connectivity index (χ0) is 14.1. The van der Waals surface area contributed by atoms with Crippen LogP contribution in [0.4, 0.5) is 5.95 Å². The summed E-state index contributed by atoms with van der Waals surface area (Å²) in [6.07, 6.45) is 5.29. The van der Waals surface area contributed by atoms with Gasteiger partial charge in [-0.2, -0.15) is 15.0 Å². The smallest absolute Gasteiger partial charge is 0.322 e. The molecule has 1 aromatic rings. The summed E-state index contributed by atoms with van der Waals surface area (Å²) in [5, 5.41) is 0.210. The molecule has 0 spiro atoms. The van der Waals surface area contributed by atoms with Crippen molar-refractivity contribution in [3.8, 4) is 6.01 Å². The molecular weight excluding hydrogens is 276 g/mol. The zero-order valence-corrected chi connectivity index (χ0v) is 12.8. The van der Waals surface area contributed by atoms with Crippen molar-refractivity contribution in [2.45, 2.75) is 45.6 Å². The van der Waals surface area contributed by atoms with Crippen LogP contribution in [0.2, 0.25) is 5.28 Å². The average molecular weight is 297 g/mol. The molecule has 0 aliphatic heterocycles. The van der Waals surface area contributed by atoms with Crippen molar-refractivity contribution in [1.82, 2.24) is 15.0 Å². The van der Waals surface area contributed by atoms with Gasteiger partial charge in [0, 0.05) is 13.1 Å². The van der Waals surface area contributed by atoms with Crippen molar-refractivity contribution < 1.29 is 4.74 Å². The maximum atomic E-state index is 6.01. The fourth-order valence-corrected chi connectivity index (χ4v) is 2.34. The molecule has 20 heavy (non-hydrogen) atoms. The Hall–Kier alpha value is -1.10. The summed E-state index contributed by atoms with van der Waals surface area (Å²) in [6.45, 7) is 5.95. The number of rotatable bonds is 7. The number of aromatic nitrogens is 3. The van der Waals surface area contributed by atoms with Gasteiger partial charge in [0.25, 0.3) is 0 Å². The highest BCUT2D eigenvalue weighted by Crippen LogP contribution is 2.35. The maximum absolute atomic E-state index is 6.01. The van der Waals surface area contributed by atoms with Crippen molar-refractivity contribution in [3.63, 3.8) is 0 Å². The molecule has 0 amide bonds. The zero-order valence-electron chi connectivity index (χ0n) is 12.0. The normalized spacial score (nSPS) is 18.4. The minimum Gasteiger partial charge on any atom is -0.461 e. The molecule has 0 unspecified atom stereocenters. The molecule has 0 atom stereocenters. The Morgan fingerprint density at radius 3 is 2.20 bits per heavy atom. The van der Waals surface area contributed by atoms with Gasteiger partial charge in [-0.3, -0.25) is 0 Å². The van der Waals surface area contributed by atoms with E-state index < -0.39 is 0 Å². The van der Waals surface area contributed by atoms with Gasteiger partial charge in [-0.15, -0.1) is 0 Å². The van der Waals surface area contributed by atoms with E-state index in [2.05, 4.69) is 19.9 Å². The Bertz CT molecular complexity index is 460. The number of hydrogen-bond donors (Lipinski definition) is 0. The van der Waals surface area contributed by atoms with E-state index in [0.29, 0.717) is 12.0 Å². The lowest BCUT2D eigenvalue weighted by molar-refractivity contribution is 0.221. The highest BCUT2D eigenvalue weighted by Gasteiger charge is 2.30. The third-order valence-corrected chi connectivity index (χ3v) is 3.72. The number of halogens is 1. The summed E-state index contributed by atoms with van der Waals surface area (Å²) in [4.78, 5) is 15.0. The fraction of sp³-hybridized carbons (Fsp3) is 0.786. The van der Waals surface area contributed by atoms with Crippen LogP contribution in [0.15, 0.2) is 0 Å². The third-order valence-electron chi connectivity index (χ3n) is 3.55. The highest BCUT2D eigenvalue weighted by molar-refractivity contribution is 6.28. The van der Waals surface area contributed by atoms with Crippen molar-refractivity contribution in [2.75, 3.05) is 18.0 Å². The third kappa shape index (κ3) is 3.95. The molecule has 5 nitrogen and oxygen atoms in total. The molecule has 0 aromatic carbocycles. The topological polar surface area (TPSA) is 51.1 Å². The van der Waals surface area contributed by atoms with Gasteiger partial charge < -0.3 is 9.64 Å². The highest BCUT2D eigenvalue weighted by atomic mass is 35.5. The summed E-state index contributed by atoms with van der Waals surface area (Å²) in [7, 11) is 0. The van der Waals surface area contributed by atoms with Crippen LogP contribution < -0.4 is 9.64 Å². The van der Waals surface area contributed by atoms with Crippen LogP contribution >= 0.6 is 11.6 Å². The van der Waals surface area contributed by atoms with Crippen molar-refractivity contribution >= 4 is 17.5 Å². The Labute approximate surface area is 124 Å². The fourth-order valence-electron chi connectivity index (χ4n) is 2.19. The lowest BCUT2D eigenvalue weighted by Gasteiger charge is -2.22. The molecule has 0 saturated heterocycles. The summed E-state index contributed by atoms with van der Waals surface area (Å²) >= 11 is 6.01. The molecule has 1 aromatic heterocycles. The van der Waals surface area contributed by atoms with E-state index in [0.717, 1.165) is 24.9 Å². The predicted molar refractivity (Wildman–Crippen MR) is 78.3 cm³/mol. The van der Waals surface area contributed by atoms with Crippen molar-refractivity contribution in [1.29, 1.82) is 0 Å².